The lowest BCUT2D eigenvalue weighted by atomic mass is 9.68. The molecule has 2 aromatic rings. The van der Waals surface area contributed by atoms with Crippen LogP contribution in [0.25, 0.3) is 12.2 Å². The summed E-state index contributed by atoms with van der Waals surface area (Å²) in [6, 6.07) is 9.05. The summed E-state index contributed by atoms with van der Waals surface area (Å²) in [6.07, 6.45) is 13.8. The summed E-state index contributed by atoms with van der Waals surface area (Å²) in [4.78, 5) is 9.62. The van der Waals surface area contributed by atoms with Crippen LogP contribution in [0.4, 0.5) is 5.88 Å². The van der Waals surface area contributed by atoms with Crippen molar-refractivity contribution in [3.8, 4) is 17.6 Å². The Balaban J connectivity index is 1.28. The third-order valence-electron chi connectivity index (χ3n) is 8.48. The fourth-order valence-electron chi connectivity index (χ4n) is 6.99. The van der Waals surface area contributed by atoms with Gasteiger partial charge in [-0.3, -0.25) is 4.90 Å². The minimum absolute atomic E-state index is 0.306. The SMILES string of the molecule is COc1ccc(C=Cc2nc(C#N)c(N3CCCC4=CC5CC(CN6CCCC[C@H]56)[C@@H]43)o2)cc1OC. The first-order valence-corrected chi connectivity index (χ1v) is 13.2. The second kappa shape index (κ2) is 9.67. The van der Waals surface area contributed by atoms with Gasteiger partial charge in [0.1, 0.15) is 6.07 Å². The van der Waals surface area contributed by atoms with Crippen LogP contribution >= 0.6 is 0 Å². The van der Waals surface area contributed by atoms with E-state index in [4.69, 9.17) is 13.9 Å². The van der Waals surface area contributed by atoms with E-state index < -0.39 is 0 Å². The van der Waals surface area contributed by atoms with Crippen molar-refractivity contribution in [2.45, 2.75) is 50.6 Å². The summed E-state index contributed by atoms with van der Waals surface area (Å²) in [5.41, 5.74) is 2.86. The molecule has 3 aliphatic heterocycles. The number of methoxy groups -OCH3 is 2. The highest BCUT2D eigenvalue weighted by Gasteiger charge is 2.47. The highest BCUT2D eigenvalue weighted by Crippen LogP contribution is 2.46. The van der Waals surface area contributed by atoms with Gasteiger partial charge in [-0.1, -0.05) is 24.1 Å². The Hall–Kier alpha value is -3.24. The van der Waals surface area contributed by atoms with Crippen LogP contribution in [-0.2, 0) is 0 Å². The topological polar surface area (TPSA) is 74.8 Å². The Morgan fingerprint density at radius 1 is 1.11 bits per heavy atom. The van der Waals surface area contributed by atoms with Gasteiger partial charge in [0, 0.05) is 25.2 Å². The predicted octanol–water partition coefficient (Wildman–Crippen LogP) is 5.13. The summed E-state index contributed by atoms with van der Waals surface area (Å²) in [7, 11) is 3.24. The van der Waals surface area contributed by atoms with Gasteiger partial charge in [-0.25, -0.2) is 0 Å². The lowest BCUT2D eigenvalue weighted by Crippen LogP contribution is -2.59. The number of nitriles is 1. The molecule has 3 fully saturated rings. The second-order valence-electron chi connectivity index (χ2n) is 10.5. The Kier molecular flexibility index (Phi) is 6.22. The highest BCUT2D eigenvalue weighted by atomic mass is 16.5. The highest BCUT2D eigenvalue weighted by molar-refractivity contribution is 5.69. The van der Waals surface area contributed by atoms with Crippen LogP contribution in [0, 0.1) is 23.2 Å². The number of benzene rings is 1. The second-order valence-corrected chi connectivity index (χ2v) is 10.5. The zero-order valence-electron chi connectivity index (χ0n) is 21.2. The largest absolute Gasteiger partial charge is 0.493 e. The van der Waals surface area contributed by atoms with E-state index in [-0.39, 0.29) is 0 Å². The molecule has 0 N–H and O–H groups in total. The third-order valence-corrected chi connectivity index (χ3v) is 8.48. The summed E-state index contributed by atoms with van der Waals surface area (Å²) in [6.45, 7) is 3.28. The number of nitrogens with zero attached hydrogens (tertiary/aromatic N) is 4. The van der Waals surface area contributed by atoms with Crippen LogP contribution in [0.15, 0.2) is 34.3 Å². The summed E-state index contributed by atoms with van der Waals surface area (Å²) < 4.78 is 17.0. The molecule has 3 saturated heterocycles. The maximum atomic E-state index is 9.92. The quantitative estimate of drug-likeness (QED) is 0.542. The molecule has 6 rings (SSSR count). The molecule has 1 aromatic carbocycles. The van der Waals surface area contributed by atoms with Gasteiger partial charge in [-0.05, 0) is 74.3 Å². The van der Waals surface area contributed by atoms with Crippen LogP contribution in [0.3, 0.4) is 0 Å². The molecule has 0 spiro atoms. The van der Waals surface area contributed by atoms with Crippen LogP contribution in [-0.4, -0.2) is 55.8 Å². The molecule has 1 aliphatic carbocycles. The minimum atomic E-state index is 0.306. The maximum absolute atomic E-state index is 9.92. The van der Waals surface area contributed by atoms with Crippen molar-refractivity contribution in [1.82, 2.24) is 9.88 Å². The Morgan fingerprint density at radius 3 is 2.83 bits per heavy atom. The number of fused-ring (bicyclic) bond motifs is 6. The van der Waals surface area contributed by atoms with E-state index in [9.17, 15) is 5.26 Å². The molecule has 36 heavy (non-hydrogen) atoms. The fraction of sp³-hybridized carbons (Fsp3) is 0.517. The van der Waals surface area contributed by atoms with Gasteiger partial charge in [-0.2, -0.15) is 10.2 Å². The average Bonchev–Trinajstić information content (AvgIpc) is 3.34. The molecule has 0 amide bonds. The van der Waals surface area contributed by atoms with Gasteiger partial charge < -0.3 is 18.8 Å². The average molecular weight is 487 g/mol. The first-order valence-electron chi connectivity index (χ1n) is 13.2. The Labute approximate surface area is 213 Å². The minimum Gasteiger partial charge on any atom is -0.493 e. The molecular formula is C29H34N4O3. The predicted molar refractivity (Wildman–Crippen MR) is 139 cm³/mol. The summed E-state index contributed by atoms with van der Waals surface area (Å²) in [5.74, 6) is 3.67. The number of hydrogen-bond donors (Lipinski definition) is 0. The van der Waals surface area contributed by atoms with Crippen molar-refractivity contribution < 1.29 is 13.9 Å². The maximum Gasteiger partial charge on any atom is 0.235 e. The van der Waals surface area contributed by atoms with E-state index in [1.54, 1.807) is 19.8 Å². The van der Waals surface area contributed by atoms with E-state index in [0.717, 1.165) is 37.5 Å². The van der Waals surface area contributed by atoms with Gasteiger partial charge in [0.05, 0.1) is 20.3 Å². The standard InChI is InChI=1S/C29H34N4O3/c1-34-25-10-8-19(14-26(25)35-2)9-11-27-31-23(17-30)29(36-27)33-13-5-6-20-15-21-16-22(28(20)33)18-32-12-4-3-7-24(21)32/h8-11,14-15,21-22,24,28H,3-7,12-13,16,18H2,1-2H3/t21?,22?,24-,28-/m1/s1. The van der Waals surface area contributed by atoms with Crippen molar-refractivity contribution in [1.29, 1.82) is 5.26 Å². The number of piperidine rings is 3. The number of anilines is 1. The van der Waals surface area contributed by atoms with Gasteiger partial charge in [0.25, 0.3) is 0 Å². The third kappa shape index (κ3) is 4.08. The van der Waals surface area contributed by atoms with Gasteiger partial charge in [-0.15, -0.1) is 0 Å². The lowest BCUT2D eigenvalue weighted by Gasteiger charge is -2.54. The Morgan fingerprint density at radius 2 is 2.00 bits per heavy atom. The van der Waals surface area contributed by atoms with Crippen LogP contribution in [0.1, 0.15) is 55.7 Å². The Bertz CT molecular complexity index is 1230. The number of rotatable bonds is 5. The molecule has 1 aromatic heterocycles. The lowest BCUT2D eigenvalue weighted by molar-refractivity contribution is 0.0305. The molecule has 4 aliphatic rings. The number of aromatic nitrogens is 1. The zero-order valence-corrected chi connectivity index (χ0v) is 21.2. The van der Waals surface area contributed by atoms with E-state index in [0.29, 0.717) is 46.8 Å². The van der Waals surface area contributed by atoms with Crippen molar-refractivity contribution in [2.75, 3.05) is 38.8 Å². The normalized spacial score (nSPS) is 27.7. The van der Waals surface area contributed by atoms with Gasteiger partial charge in [0.2, 0.25) is 17.5 Å². The van der Waals surface area contributed by atoms with E-state index in [1.807, 2.05) is 30.4 Å². The summed E-state index contributed by atoms with van der Waals surface area (Å²) >= 11 is 0. The molecule has 2 bridgehead atoms. The molecule has 4 atom stereocenters. The van der Waals surface area contributed by atoms with Gasteiger partial charge in [0.15, 0.2) is 11.5 Å². The molecule has 7 nitrogen and oxygen atoms in total. The molecular weight excluding hydrogens is 452 g/mol. The first-order chi connectivity index (χ1) is 17.7. The van der Waals surface area contributed by atoms with Crippen molar-refractivity contribution in [3.05, 3.63) is 47.0 Å². The number of ether oxygens (including phenoxy) is 2. The molecule has 188 valence electrons. The molecule has 0 radical (unpaired) electrons. The molecule has 0 saturated carbocycles. The van der Waals surface area contributed by atoms with Crippen LogP contribution in [0.2, 0.25) is 0 Å². The zero-order chi connectivity index (χ0) is 24.6. The molecule has 7 heteroatoms. The first kappa shape index (κ1) is 23.2. The molecule has 4 heterocycles. The van der Waals surface area contributed by atoms with E-state index in [1.165, 1.54) is 32.2 Å². The van der Waals surface area contributed by atoms with E-state index >= 15 is 0 Å². The smallest absolute Gasteiger partial charge is 0.235 e. The number of oxazole rings is 1. The summed E-state index contributed by atoms with van der Waals surface area (Å²) in [5, 5.41) is 9.92. The van der Waals surface area contributed by atoms with E-state index in [2.05, 4.69) is 26.9 Å². The van der Waals surface area contributed by atoms with Crippen molar-refractivity contribution in [3.63, 3.8) is 0 Å². The fourth-order valence-corrected chi connectivity index (χ4v) is 6.99. The van der Waals surface area contributed by atoms with Gasteiger partial charge >= 0.3 is 0 Å². The van der Waals surface area contributed by atoms with Crippen molar-refractivity contribution >= 4 is 18.0 Å². The van der Waals surface area contributed by atoms with Crippen LogP contribution < -0.4 is 14.4 Å². The number of hydrogen-bond acceptors (Lipinski definition) is 7. The monoisotopic (exact) mass is 486 g/mol. The molecule has 2 unspecified atom stereocenters. The van der Waals surface area contributed by atoms with Crippen LogP contribution in [0.5, 0.6) is 11.5 Å². The van der Waals surface area contributed by atoms with Crippen molar-refractivity contribution in [2.24, 2.45) is 11.8 Å².